The third-order valence-electron chi connectivity index (χ3n) is 3.81. The molecule has 0 bridgehead atoms. The summed E-state index contributed by atoms with van der Waals surface area (Å²) >= 11 is 0. The van der Waals surface area contributed by atoms with Gasteiger partial charge in [-0.25, -0.2) is 0 Å². The van der Waals surface area contributed by atoms with E-state index in [-0.39, 0.29) is 0 Å². The number of rotatable bonds is 5. The number of aryl methyl sites for hydroxylation is 2. The standard InChI is InChI=1S/C16H27N3/c1-13-4-5-15(3)16(10-13)18-11-14(2)12-19-8-6-17-7-9-19/h4-5,10,14,17-18H,6-9,11-12H2,1-3H3. The van der Waals surface area contributed by atoms with E-state index in [1.807, 2.05) is 0 Å². The molecule has 1 fully saturated rings. The van der Waals surface area contributed by atoms with Crippen LogP contribution in [0.25, 0.3) is 0 Å². The van der Waals surface area contributed by atoms with Gasteiger partial charge in [0.25, 0.3) is 0 Å². The zero-order valence-corrected chi connectivity index (χ0v) is 12.5. The van der Waals surface area contributed by atoms with Crippen LogP contribution < -0.4 is 10.6 Å². The molecule has 0 radical (unpaired) electrons. The van der Waals surface area contributed by atoms with Crippen molar-refractivity contribution in [3.05, 3.63) is 29.3 Å². The predicted octanol–water partition coefficient (Wildman–Crippen LogP) is 2.26. The number of hydrogen-bond acceptors (Lipinski definition) is 3. The molecule has 0 aromatic heterocycles. The molecule has 3 nitrogen and oxygen atoms in total. The molecule has 1 atom stereocenters. The molecule has 1 aromatic rings. The Hall–Kier alpha value is -1.06. The fourth-order valence-corrected chi connectivity index (χ4v) is 2.61. The molecule has 0 spiro atoms. The van der Waals surface area contributed by atoms with E-state index in [0.717, 1.165) is 19.6 Å². The Morgan fingerprint density at radius 3 is 2.74 bits per heavy atom. The topological polar surface area (TPSA) is 27.3 Å². The highest BCUT2D eigenvalue weighted by Crippen LogP contribution is 2.16. The van der Waals surface area contributed by atoms with Crippen LogP contribution >= 0.6 is 0 Å². The highest BCUT2D eigenvalue weighted by molar-refractivity contribution is 5.52. The Labute approximate surface area is 117 Å². The van der Waals surface area contributed by atoms with E-state index in [1.54, 1.807) is 0 Å². The van der Waals surface area contributed by atoms with Crippen LogP contribution in [0.2, 0.25) is 0 Å². The fraction of sp³-hybridized carbons (Fsp3) is 0.625. The van der Waals surface area contributed by atoms with Gasteiger partial charge in [0, 0.05) is 45.0 Å². The van der Waals surface area contributed by atoms with Gasteiger partial charge in [-0.2, -0.15) is 0 Å². The van der Waals surface area contributed by atoms with Crippen LogP contribution in [-0.4, -0.2) is 44.2 Å². The Morgan fingerprint density at radius 1 is 1.26 bits per heavy atom. The van der Waals surface area contributed by atoms with Crippen molar-refractivity contribution in [2.75, 3.05) is 44.6 Å². The summed E-state index contributed by atoms with van der Waals surface area (Å²) in [5.74, 6) is 0.679. The summed E-state index contributed by atoms with van der Waals surface area (Å²) in [5.41, 5.74) is 3.94. The lowest BCUT2D eigenvalue weighted by Crippen LogP contribution is -2.45. The lowest BCUT2D eigenvalue weighted by molar-refractivity contribution is 0.215. The maximum absolute atomic E-state index is 3.60. The van der Waals surface area contributed by atoms with Gasteiger partial charge in [-0.15, -0.1) is 0 Å². The Morgan fingerprint density at radius 2 is 2.00 bits per heavy atom. The largest absolute Gasteiger partial charge is 0.385 e. The van der Waals surface area contributed by atoms with Crippen molar-refractivity contribution < 1.29 is 0 Å². The summed E-state index contributed by atoms with van der Waals surface area (Å²) in [4.78, 5) is 2.56. The first-order valence-electron chi connectivity index (χ1n) is 7.39. The third-order valence-corrected chi connectivity index (χ3v) is 3.81. The van der Waals surface area contributed by atoms with E-state index in [9.17, 15) is 0 Å². The van der Waals surface area contributed by atoms with Gasteiger partial charge in [0.05, 0.1) is 0 Å². The number of nitrogens with one attached hydrogen (secondary N) is 2. The van der Waals surface area contributed by atoms with Crippen LogP contribution in [-0.2, 0) is 0 Å². The van der Waals surface area contributed by atoms with Crippen molar-refractivity contribution >= 4 is 5.69 Å². The molecule has 106 valence electrons. The van der Waals surface area contributed by atoms with Crippen LogP contribution in [0, 0.1) is 19.8 Å². The minimum Gasteiger partial charge on any atom is -0.385 e. The second kappa shape index (κ2) is 6.92. The highest BCUT2D eigenvalue weighted by Gasteiger charge is 2.13. The first-order valence-corrected chi connectivity index (χ1v) is 7.39. The Kier molecular flexibility index (Phi) is 5.23. The molecule has 2 N–H and O–H groups in total. The smallest absolute Gasteiger partial charge is 0.0372 e. The molecule has 1 unspecified atom stereocenters. The quantitative estimate of drug-likeness (QED) is 0.851. The summed E-state index contributed by atoms with van der Waals surface area (Å²) in [5, 5.41) is 7.00. The normalized spacial score (nSPS) is 18.3. The van der Waals surface area contributed by atoms with E-state index >= 15 is 0 Å². The molecular formula is C16H27N3. The molecule has 1 aliphatic rings. The van der Waals surface area contributed by atoms with E-state index < -0.39 is 0 Å². The number of anilines is 1. The number of piperazine rings is 1. The van der Waals surface area contributed by atoms with Gasteiger partial charge in [0.2, 0.25) is 0 Å². The summed E-state index contributed by atoms with van der Waals surface area (Å²) in [6.45, 7) is 13.5. The molecule has 1 saturated heterocycles. The van der Waals surface area contributed by atoms with Gasteiger partial charge in [-0.3, -0.25) is 0 Å². The van der Waals surface area contributed by atoms with Crippen LogP contribution in [0.15, 0.2) is 18.2 Å². The molecular weight excluding hydrogens is 234 g/mol. The van der Waals surface area contributed by atoms with Crippen LogP contribution in [0.1, 0.15) is 18.1 Å². The summed E-state index contributed by atoms with van der Waals surface area (Å²) in [7, 11) is 0. The van der Waals surface area contributed by atoms with Gasteiger partial charge in [-0.1, -0.05) is 19.1 Å². The summed E-state index contributed by atoms with van der Waals surface area (Å²) < 4.78 is 0. The zero-order valence-electron chi connectivity index (χ0n) is 12.5. The molecule has 19 heavy (non-hydrogen) atoms. The molecule has 1 aliphatic heterocycles. The first kappa shape index (κ1) is 14.4. The number of hydrogen-bond donors (Lipinski definition) is 2. The minimum absolute atomic E-state index is 0.679. The maximum Gasteiger partial charge on any atom is 0.0372 e. The van der Waals surface area contributed by atoms with Crippen molar-refractivity contribution in [2.45, 2.75) is 20.8 Å². The Balaban J connectivity index is 1.79. The molecule has 3 heteroatoms. The monoisotopic (exact) mass is 261 g/mol. The van der Waals surface area contributed by atoms with Gasteiger partial charge < -0.3 is 15.5 Å². The van der Waals surface area contributed by atoms with E-state index in [0.29, 0.717) is 5.92 Å². The van der Waals surface area contributed by atoms with Gasteiger partial charge >= 0.3 is 0 Å². The maximum atomic E-state index is 3.60. The first-order chi connectivity index (χ1) is 9.15. The highest BCUT2D eigenvalue weighted by atomic mass is 15.2. The van der Waals surface area contributed by atoms with Gasteiger partial charge in [-0.05, 0) is 37.0 Å². The fourth-order valence-electron chi connectivity index (χ4n) is 2.61. The predicted molar refractivity (Wildman–Crippen MR) is 82.9 cm³/mol. The summed E-state index contributed by atoms with van der Waals surface area (Å²) in [6.07, 6.45) is 0. The zero-order chi connectivity index (χ0) is 13.7. The molecule has 1 heterocycles. The van der Waals surface area contributed by atoms with Gasteiger partial charge in [0.15, 0.2) is 0 Å². The van der Waals surface area contributed by atoms with Crippen LogP contribution in [0.3, 0.4) is 0 Å². The van der Waals surface area contributed by atoms with Crippen molar-refractivity contribution in [3.8, 4) is 0 Å². The van der Waals surface area contributed by atoms with Crippen LogP contribution in [0.4, 0.5) is 5.69 Å². The van der Waals surface area contributed by atoms with E-state index in [1.165, 1.54) is 36.4 Å². The third kappa shape index (κ3) is 4.51. The average Bonchev–Trinajstić information content (AvgIpc) is 2.41. The molecule has 1 aromatic carbocycles. The average molecular weight is 261 g/mol. The molecule has 0 amide bonds. The summed E-state index contributed by atoms with van der Waals surface area (Å²) in [6, 6.07) is 6.61. The van der Waals surface area contributed by atoms with E-state index in [2.05, 4.69) is 54.5 Å². The second-order valence-corrected chi connectivity index (χ2v) is 5.86. The van der Waals surface area contributed by atoms with Crippen molar-refractivity contribution in [1.82, 2.24) is 10.2 Å². The second-order valence-electron chi connectivity index (χ2n) is 5.86. The van der Waals surface area contributed by atoms with Crippen molar-refractivity contribution in [3.63, 3.8) is 0 Å². The minimum atomic E-state index is 0.679. The van der Waals surface area contributed by atoms with Crippen molar-refractivity contribution in [2.24, 2.45) is 5.92 Å². The molecule has 2 rings (SSSR count). The lowest BCUT2D eigenvalue weighted by Gasteiger charge is -2.29. The van der Waals surface area contributed by atoms with Crippen molar-refractivity contribution in [1.29, 1.82) is 0 Å². The molecule has 0 aliphatic carbocycles. The number of benzene rings is 1. The lowest BCUT2D eigenvalue weighted by atomic mass is 10.1. The van der Waals surface area contributed by atoms with Gasteiger partial charge in [0.1, 0.15) is 0 Å². The SMILES string of the molecule is Cc1ccc(C)c(NCC(C)CN2CCNCC2)c1. The van der Waals surface area contributed by atoms with Crippen LogP contribution in [0.5, 0.6) is 0 Å². The Bertz CT molecular complexity index is 397. The number of nitrogens with zero attached hydrogens (tertiary/aromatic N) is 1. The van der Waals surface area contributed by atoms with E-state index in [4.69, 9.17) is 0 Å². The molecule has 0 saturated carbocycles.